The lowest BCUT2D eigenvalue weighted by atomic mass is 10.3. The summed E-state index contributed by atoms with van der Waals surface area (Å²) in [5.74, 6) is -0.835. The largest absolute Gasteiger partial charge is 0.478 e. The van der Waals surface area contributed by atoms with Gasteiger partial charge in [0.1, 0.15) is 0 Å². The van der Waals surface area contributed by atoms with Crippen molar-refractivity contribution in [2.75, 3.05) is 6.54 Å². The number of amides is 1. The summed E-state index contributed by atoms with van der Waals surface area (Å²) in [6.07, 6.45) is 3.99. The second-order valence-electron chi connectivity index (χ2n) is 3.38. The van der Waals surface area contributed by atoms with Crippen molar-refractivity contribution in [1.82, 2.24) is 5.32 Å². The van der Waals surface area contributed by atoms with E-state index in [9.17, 15) is 13.6 Å². The number of hydrogen-bond donors (Lipinski definition) is 1. The lowest BCUT2D eigenvalue weighted by Crippen LogP contribution is -2.36. The fraction of sp³-hybridized carbons (Fsp3) is 0.250. The van der Waals surface area contributed by atoms with Crippen molar-refractivity contribution in [2.24, 2.45) is 0 Å². The van der Waals surface area contributed by atoms with Crippen LogP contribution in [-0.2, 0) is 4.79 Å². The third kappa shape index (κ3) is 3.70. The molecule has 6 heteroatoms. The number of hydrogen-bond acceptors (Lipinski definition) is 2. The smallest absolute Gasteiger partial charge is 0.261 e. The summed E-state index contributed by atoms with van der Waals surface area (Å²) < 4.78 is 31.8. The summed E-state index contributed by atoms with van der Waals surface area (Å²) in [6, 6.07) is 2.20. The molecule has 1 unspecified atom stereocenters. The van der Waals surface area contributed by atoms with Gasteiger partial charge in [0.05, 0.1) is 6.54 Å². The van der Waals surface area contributed by atoms with E-state index >= 15 is 0 Å². The lowest BCUT2D eigenvalue weighted by Gasteiger charge is -2.14. The van der Waals surface area contributed by atoms with Gasteiger partial charge in [-0.3, -0.25) is 4.79 Å². The number of carbonyl (C=O) groups is 1. The highest BCUT2D eigenvalue weighted by molar-refractivity contribution is 9.10. The molecule has 0 radical (unpaired) electrons. The first-order valence-electron chi connectivity index (χ1n) is 4.98. The van der Waals surface area contributed by atoms with Crippen molar-refractivity contribution in [3.8, 4) is 18.1 Å². The van der Waals surface area contributed by atoms with Crippen LogP contribution in [0.25, 0.3) is 0 Å². The molecule has 0 saturated carbocycles. The molecule has 0 bridgehead atoms. The Morgan fingerprint density at radius 1 is 1.61 bits per heavy atom. The van der Waals surface area contributed by atoms with Gasteiger partial charge in [-0.25, -0.2) is 4.39 Å². The first-order valence-corrected chi connectivity index (χ1v) is 5.77. The molecule has 1 rings (SSSR count). The van der Waals surface area contributed by atoms with Gasteiger partial charge in [0.25, 0.3) is 5.91 Å². The van der Waals surface area contributed by atoms with Crippen LogP contribution in [0.15, 0.2) is 16.6 Å². The standard InChI is InChI=1S/C12H10BrF2NO2/c1-3-4-16-12(17)7(2)18-10-6-8(13)5-9(14)11(10)15/h1,5-7H,4H2,2H3,(H,16,17). The van der Waals surface area contributed by atoms with Crippen LogP contribution >= 0.6 is 15.9 Å². The topological polar surface area (TPSA) is 38.3 Å². The summed E-state index contributed by atoms with van der Waals surface area (Å²) in [7, 11) is 0. The number of terminal acetylenes is 1. The van der Waals surface area contributed by atoms with Crippen LogP contribution in [0.5, 0.6) is 5.75 Å². The molecule has 18 heavy (non-hydrogen) atoms. The minimum absolute atomic E-state index is 0.0435. The molecule has 0 aliphatic heterocycles. The number of nitrogens with one attached hydrogen (secondary N) is 1. The Morgan fingerprint density at radius 2 is 2.28 bits per heavy atom. The molecule has 1 N–H and O–H groups in total. The van der Waals surface area contributed by atoms with Gasteiger partial charge in [-0.2, -0.15) is 4.39 Å². The van der Waals surface area contributed by atoms with E-state index in [1.54, 1.807) is 0 Å². The van der Waals surface area contributed by atoms with Crippen molar-refractivity contribution in [3.63, 3.8) is 0 Å². The number of rotatable bonds is 4. The average Bonchev–Trinajstić information content (AvgIpc) is 2.32. The van der Waals surface area contributed by atoms with Crippen molar-refractivity contribution in [2.45, 2.75) is 13.0 Å². The van der Waals surface area contributed by atoms with Crippen LogP contribution in [0.4, 0.5) is 8.78 Å². The highest BCUT2D eigenvalue weighted by Gasteiger charge is 2.18. The highest BCUT2D eigenvalue weighted by Crippen LogP contribution is 2.26. The van der Waals surface area contributed by atoms with Crippen LogP contribution in [0.1, 0.15) is 6.92 Å². The zero-order chi connectivity index (χ0) is 13.7. The maximum atomic E-state index is 13.4. The van der Waals surface area contributed by atoms with Crippen LogP contribution in [-0.4, -0.2) is 18.6 Å². The molecular weight excluding hydrogens is 308 g/mol. The van der Waals surface area contributed by atoms with Gasteiger partial charge in [-0.1, -0.05) is 21.9 Å². The van der Waals surface area contributed by atoms with E-state index in [4.69, 9.17) is 11.2 Å². The van der Waals surface area contributed by atoms with Gasteiger partial charge >= 0.3 is 0 Å². The van der Waals surface area contributed by atoms with Gasteiger partial charge in [0.2, 0.25) is 5.82 Å². The SMILES string of the molecule is C#CCNC(=O)C(C)Oc1cc(Br)cc(F)c1F. The fourth-order valence-electron chi connectivity index (χ4n) is 1.14. The van der Waals surface area contributed by atoms with E-state index in [-0.39, 0.29) is 12.3 Å². The third-order valence-electron chi connectivity index (χ3n) is 2.00. The number of carbonyl (C=O) groups excluding carboxylic acids is 1. The third-order valence-corrected chi connectivity index (χ3v) is 2.46. The molecule has 1 aromatic rings. The predicted molar refractivity (Wildman–Crippen MR) is 66.0 cm³/mol. The molecule has 96 valence electrons. The Balaban J connectivity index is 2.79. The number of benzene rings is 1. The highest BCUT2D eigenvalue weighted by atomic mass is 79.9. The Morgan fingerprint density at radius 3 is 2.89 bits per heavy atom. The maximum absolute atomic E-state index is 13.4. The molecule has 1 atom stereocenters. The Bertz CT molecular complexity index is 500. The minimum atomic E-state index is -1.14. The van der Waals surface area contributed by atoms with Crippen LogP contribution in [0.3, 0.4) is 0 Å². The molecule has 0 aromatic heterocycles. The number of halogens is 3. The Kier molecular flexibility index (Phi) is 5.10. The van der Waals surface area contributed by atoms with Gasteiger partial charge in [0, 0.05) is 4.47 Å². The summed E-state index contributed by atoms with van der Waals surface area (Å²) in [4.78, 5) is 11.4. The second kappa shape index (κ2) is 6.36. The molecule has 0 aliphatic rings. The quantitative estimate of drug-likeness (QED) is 0.683. The van der Waals surface area contributed by atoms with Crippen LogP contribution in [0.2, 0.25) is 0 Å². The molecule has 0 heterocycles. The van der Waals surface area contributed by atoms with E-state index in [0.717, 1.165) is 6.07 Å². The van der Waals surface area contributed by atoms with Crippen molar-refractivity contribution in [3.05, 3.63) is 28.2 Å². The van der Waals surface area contributed by atoms with Gasteiger partial charge < -0.3 is 10.1 Å². The fourth-order valence-corrected chi connectivity index (χ4v) is 1.55. The van der Waals surface area contributed by atoms with Crippen molar-refractivity contribution < 1.29 is 18.3 Å². The number of ether oxygens (including phenoxy) is 1. The van der Waals surface area contributed by atoms with Gasteiger partial charge in [-0.05, 0) is 19.1 Å². The Labute approximate surface area is 112 Å². The summed E-state index contributed by atoms with van der Waals surface area (Å²) in [5.41, 5.74) is 0. The van der Waals surface area contributed by atoms with Crippen LogP contribution in [0, 0.1) is 24.0 Å². The van der Waals surface area contributed by atoms with Crippen molar-refractivity contribution in [1.29, 1.82) is 0 Å². The van der Waals surface area contributed by atoms with E-state index in [2.05, 4.69) is 27.2 Å². The van der Waals surface area contributed by atoms with E-state index < -0.39 is 23.6 Å². The summed E-state index contributed by atoms with van der Waals surface area (Å²) >= 11 is 3.00. The van der Waals surface area contributed by atoms with Gasteiger partial charge in [-0.15, -0.1) is 6.42 Å². The van der Waals surface area contributed by atoms with Crippen LogP contribution < -0.4 is 10.1 Å². The Hall–Kier alpha value is -1.61. The molecule has 0 aliphatic carbocycles. The summed E-state index contributed by atoms with van der Waals surface area (Å²) in [6.45, 7) is 1.45. The zero-order valence-electron chi connectivity index (χ0n) is 9.47. The monoisotopic (exact) mass is 317 g/mol. The zero-order valence-corrected chi connectivity index (χ0v) is 11.1. The molecule has 1 aromatic carbocycles. The first-order chi connectivity index (χ1) is 8.45. The normalized spacial score (nSPS) is 11.5. The summed E-state index contributed by atoms with van der Waals surface area (Å²) in [5, 5.41) is 2.37. The average molecular weight is 318 g/mol. The maximum Gasteiger partial charge on any atom is 0.261 e. The van der Waals surface area contributed by atoms with E-state index in [1.165, 1.54) is 13.0 Å². The van der Waals surface area contributed by atoms with Crippen molar-refractivity contribution >= 4 is 21.8 Å². The molecule has 1 amide bonds. The molecule has 0 fully saturated rings. The first kappa shape index (κ1) is 14.5. The predicted octanol–water partition coefficient (Wildman–Crippen LogP) is 2.24. The lowest BCUT2D eigenvalue weighted by molar-refractivity contribution is -0.127. The molecule has 3 nitrogen and oxygen atoms in total. The van der Waals surface area contributed by atoms with E-state index in [0.29, 0.717) is 4.47 Å². The van der Waals surface area contributed by atoms with Gasteiger partial charge in [0.15, 0.2) is 17.7 Å². The molecule has 0 saturated heterocycles. The van der Waals surface area contributed by atoms with E-state index in [1.807, 2.05) is 0 Å². The second-order valence-corrected chi connectivity index (χ2v) is 4.30. The minimum Gasteiger partial charge on any atom is -0.478 e. The molecular formula is C12H10BrF2NO2. The molecule has 0 spiro atoms.